The summed E-state index contributed by atoms with van der Waals surface area (Å²) in [5, 5.41) is 10.7. The van der Waals surface area contributed by atoms with E-state index in [4.69, 9.17) is 37.0 Å². The number of carbonyl (C=O) groups excluding carboxylic acids is 4. The molecule has 0 spiro atoms. The van der Waals surface area contributed by atoms with Gasteiger partial charge >= 0.3 is 39.5 Å². The number of esters is 4. The summed E-state index contributed by atoms with van der Waals surface area (Å²) in [5.41, 5.74) is 0. The fourth-order valence-electron chi connectivity index (χ4n) is 10.4. The zero-order valence-electron chi connectivity index (χ0n) is 66.1. The molecule has 0 bridgehead atoms. The van der Waals surface area contributed by atoms with Gasteiger partial charge in [0.25, 0.3) is 0 Å². The Morgan fingerprint density at radius 2 is 0.509 bits per heavy atom. The first-order valence-corrected chi connectivity index (χ1v) is 43.7. The van der Waals surface area contributed by atoms with Crippen molar-refractivity contribution in [2.45, 2.75) is 329 Å². The van der Waals surface area contributed by atoms with Gasteiger partial charge in [-0.05, 0) is 154 Å². The van der Waals surface area contributed by atoms with E-state index in [1.807, 2.05) is 18.2 Å². The highest BCUT2D eigenvalue weighted by molar-refractivity contribution is 7.47. The SMILES string of the molecule is CC/C=C\C/C=C\C/C=C\C/C=C\C/C=C\C/C=C\CCC(=O)OCC(COP(=O)(O)OCC(O)COP(=O)(O)OCC(COC(=O)CCCCCCCCC/C=C\C/C=C\C/C=C\CC)OC(=O)CCCCCCC/C=C\CCCCCCCC)OC(=O)CCCCCCC/C=C\C/C=C\C/C=C\CC. The van der Waals surface area contributed by atoms with Gasteiger partial charge < -0.3 is 33.8 Å². The average Bonchev–Trinajstić information content (AvgIpc) is 0.909. The number of aliphatic hydroxyl groups excluding tert-OH is 1. The average molecular weight is 1520 g/mol. The molecular weight excluding hydrogens is 1380 g/mol. The van der Waals surface area contributed by atoms with Gasteiger partial charge in [0.05, 0.1) is 26.4 Å². The molecule has 0 aliphatic heterocycles. The van der Waals surface area contributed by atoms with Gasteiger partial charge in [-0.25, -0.2) is 9.13 Å². The third-order valence-electron chi connectivity index (χ3n) is 16.5. The molecule has 604 valence electrons. The number of unbranched alkanes of at least 4 members (excludes halogenated alkanes) is 23. The van der Waals surface area contributed by atoms with Crippen LogP contribution in [0.1, 0.15) is 310 Å². The minimum atomic E-state index is -5.01. The van der Waals surface area contributed by atoms with Gasteiger partial charge in [-0.15, -0.1) is 0 Å². The van der Waals surface area contributed by atoms with Crippen LogP contribution in [0, 0.1) is 0 Å². The molecule has 106 heavy (non-hydrogen) atoms. The Morgan fingerprint density at radius 3 is 0.821 bits per heavy atom. The van der Waals surface area contributed by atoms with Crippen molar-refractivity contribution in [3.05, 3.63) is 158 Å². The Labute approximate surface area is 642 Å². The fraction of sp³-hybridized carbons (Fsp3) is 0.655. The lowest BCUT2D eigenvalue weighted by atomic mass is 10.1. The van der Waals surface area contributed by atoms with Crippen LogP contribution in [0.2, 0.25) is 0 Å². The van der Waals surface area contributed by atoms with Crippen LogP contribution < -0.4 is 0 Å². The number of hydrogen-bond acceptors (Lipinski definition) is 15. The second-order valence-electron chi connectivity index (χ2n) is 26.6. The molecule has 0 fully saturated rings. The summed E-state index contributed by atoms with van der Waals surface area (Å²) in [6, 6.07) is 0. The molecule has 0 aliphatic carbocycles. The van der Waals surface area contributed by atoms with E-state index in [1.165, 1.54) is 38.5 Å². The predicted octanol–water partition coefficient (Wildman–Crippen LogP) is 24.0. The third-order valence-corrected chi connectivity index (χ3v) is 18.4. The second-order valence-corrected chi connectivity index (χ2v) is 29.5. The number of phosphoric ester groups is 2. The van der Waals surface area contributed by atoms with E-state index in [0.717, 1.165) is 186 Å². The number of hydrogen-bond donors (Lipinski definition) is 3. The van der Waals surface area contributed by atoms with Gasteiger partial charge in [0.15, 0.2) is 12.2 Å². The molecule has 3 N–H and O–H groups in total. The van der Waals surface area contributed by atoms with Crippen LogP contribution in [0.25, 0.3) is 0 Å². The van der Waals surface area contributed by atoms with Crippen LogP contribution in [-0.2, 0) is 65.4 Å². The molecule has 0 aromatic heterocycles. The second kappa shape index (κ2) is 77.8. The minimum Gasteiger partial charge on any atom is -0.462 e. The summed E-state index contributed by atoms with van der Waals surface area (Å²) in [4.78, 5) is 73.1. The van der Waals surface area contributed by atoms with Crippen molar-refractivity contribution >= 4 is 39.5 Å². The highest BCUT2D eigenvalue weighted by atomic mass is 31.2. The molecule has 0 rings (SSSR count). The summed E-state index contributed by atoms with van der Waals surface area (Å²) in [6.07, 6.45) is 90.9. The Bertz CT molecular complexity index is 2630. The lowest BCUT2D eigenvalue weighted by Gasteiger charge is -2.21. The molecule has 5 unspecified atom stereocenters. The number of ether oxygens (including phenoxy) is 4. The van der Waals surface area contributed by atoms with Crippen molar-refractivity contribution in [1.29, 1.82) is 0 Å². The van der Waals surface area contributed by atoms with Crippen molar-refractivity contribution in [2.75, 3.05) is 39.6 Å². The van der Waals surface area contributed by atoms with E-state index in [2.05, 4.69) is 167 Å². The van der Waals surface area contributed by atoms with E-state index in [1.54, 1.807) is 0 Å². The van der Waals surface area contributed by atoms with Crippen LogP contribution in [0.3, 0.4) is 0 Å². The third kappa shape index (κ3) is 76.9. The number of allylic oxidation sites excluding steroid dienone is 26. The summed E-state index contributed by atoms with van der Waals surface area (Å²) in [6.45, 7) is 4.42. The molecule has 19 heteroatoms. The Balaban J connectivity index is 5.46. The van der Waals surface area contributed by atoms with Crippen LogP contribution in [0.5, 0.6) is 0 Å². The zero-order valence-corrected chi connectivity index (χ0v) is 67.8. The highest BCUT2D eigenvalue weighted by Crippen LogP contribution is 2.45. The summed E-state index contributed by atoms with van der Waals surface area (Å²) in [5.74, 6) is -2.31. The van der Waals surface area contributed by atoms with Gasteiger partial charge in [-0.1, -0.05) is 288 Å². The van der Waals surface area contributed by atoms with Crippen LogP contribution >= 0.6 is 15.6 Å². The molecule has 17 nitrogen and oxygen atoms in total. The van der Waals surface area contributed by atoms with Crippen molar-refractivity contribution in [3.63, 3.8) is 0 Å². The van der Waals surface area contributed by atoms with Gasteiger partial charge in [0.1, 0.15) is 19.3 Å². The molecule has 0 aromatic carbocycles. The highest BCUT2D eigenvalue weighted by Gasteiger charge is 2.30. The summed E-state index contributed by atoms with van der Waals surface area (Å²) >= 11 is 0. The van der Waals surface area contributed by atoms with Crippen molar-refractivity contribution < 1.29 is 80.2 Å². The number of phosphoric acid groups is 2. The lowest BCUT2D eigenvalue weighted by molar-refractivity contribution is -0.161. The van der Waals surface area contributed by atoms with Crippen LogP contribution in [-0.4, -0.2) is 96.7 Å². The summed E-state index contributed by atoms with van der Waals surface area (Å²) in [7, 11) is -10.0. The van der Waals surface area contributed by atoms with Crippen LogP contribution in [0.15, 0.2) is 158 Å². The molecule has 0 amide bonds. The Morgan fingerprint density at radius 1 is 0.274 bits per heavy atom. The molecule has 0 aliphatic rings. The van der Waals surface area contributed by atoms with E-state index < -0.39 is 97.5 Å². The molecule has 0 heterocycles. The molecule has 0 aromatic rings. The monoisotopic (exact) mass is 1520 g/mol. The summed E-state index contributed by atoms with van der Waals surface area (Å²) < 4.78 is 68.6. The van der Waals surface area contributed by atoms with Crippen molar-refractivity contribution in [3.8, 4) is 0 Å². The fourth-order valence-corrected chi connectivity index (χ4v) is 12.0. The maximum absolute atomic E-state index is 13.1. The van der Waals surface area contributed by atoms with Crippen molar-refractivity contribution in [2.24, 2.45) is 0 Å². The maximum Gasteiger partial charge on any atom is 0.472 e. The minimum absolute atomic E-state index is 0.0273. The Hall–Kier alpha value is -5.32. The van der Waals surface area contributed by atoms with E-state index in [0.29, 0.717) is 32.1 Å². The quantitative estimate of drug-likeness (QED) is 0.0169. The van der Waals surface area contributed by atoms with E-state index in [-0.39, 0.29) is 25.7 Å². The van der Waals surface area contributed by atoms with Gasteiger partial charge in [0.2, 0.25) is 0 Å². The first kappa shape index (κ1) is 101. The number of carbonyl (C=O) groups is 4. The first-order valence-electron chi connectivity index (χ1n) is 40.7. The molecule has 0 saturated heterocycles. The topological polar surface area (TPSA) is 237 Å². The molecule has 0 radical (unpaired) electrons. The smallest absolute Gasteiger partial charge is 0.462 e. The molecular formula is C87H144O17P2. The van der Waals surface area contributed by atoms with Gasteiger partial charge in [0, 0.05) is 25.7 Å². The standard InChI is InChI=1S/C87H144O17P2/c1-5-9-13-17-21-25-29-33-37-39-40-42-46-48-52-56-60-64-68-72-85(90)98-78-83(104-87(92)74-70-66-62-58-54-50-44-36-32-28-24-20-16-12-8-4)80-102-106(95,96)100-76-81(88)75-99-105(93,94)101-79-82(103-86(91)73-69-65-61-57-53-49-43-35-31-27-23-19-15-11-7-3)77-97-84(89)71-67-63-59-55-51-47-45-41-38-34-30-26-22-18-14-10-6-2/h9-10,12-14,16,21-22,24-26,28,33-38,40,42-44,48,52,60,64,81-83,88H,5-8,11,15,17-20,23,27,29-32,39,41,45-47,49-51,53-59,61-63,65-80H2,1-4H3,(H,93,94)(H,95,96)/b13-9-,14-10-,16-12-,25-21-,26-22-,28-24-,37-33-,38-34-,42-40-,43-35-,44-36-,52-48-,64-60-. The normalized spacial score (nSPS) is 14.7. The first-order chi connectivity index (χ1) is 51.7. The largest absolute Gasteiger partial charge is 0.472 e. The Kier molecular flexibility index (Phi) is 73.9. The molecule has 5 atom stereocenters. The predicted molar refractivity (Wildman–Crippen MR) is 436 cm³/mol. The van der Waals surface area contributed by atoms with Gasteiger partial charge in [-0.2, -0.15) is 0 Å². The van der Waals surface area contributed by atoms with E-state index in [9.17, 15) is 43.2 Å². The molecule has 0 saturated carbocycles. The van der Waals surface area contributed by atoms with Gasteiger partial charge in [-0.3, -0.25) is 37.3 Å². The van der Waals surface area contributed by atoms with Crippen molar-refractivity contribution in [1.82, 2.24) is 0 Å². The number of rotatable bonds is 75. The number of aliphatic hydroxyl groups is 1. The van der Waals surface area contributed by atoms with Crippen LogP contribution in [0.4, 0.5) is 0 Å². The van der Waals surface area contributed by atoms with E-state index >= 15 is 0 Å². The lowest BCUT2D eigenvalue weighted by Crippen LogP contribution is -2.30. The zero-order chi connectivity index (χ0) is 77.4. The maximum atomic E-state index is 13.1.